The predicted molar refractivity (Wildman–Crippen MR) is 43.8 cm³/mol. The zero-order valence-electron chi connectivity index (χ0n) is 8.14. The molecule has 88 valence electrons. The van der Waals surface area contributed by atoms with Crippen molar-refractivity contribution in [3.8, 4) is 0 Å². The SMILES string of the molecule is CC(C)(NC(=O)OCC(F)(F)F)C(N)=O. The molecule has 0 heterocycles. The van der Waals surface area contributed by atoms with Gasteiger partial charge in [0.1, 0.15) is 5.54 Å². The van der Waals surface area contributed by atoms with E-state index >= 15 is 0 Å². The van der Waals surface area contributed by atoms with Crippen LogP contribution in [0.2, 0.25) is 0 Å². The highest BCUT2D eigenvalue weighted by Crippen LogP contribution is 2.14. The average Bonchev–Trinajstić information content (AvgIpc) is 1.98. The average molecular weight is 228 g/mol. The van der Waals surface area contributed by atoms with Crippen molar-refractivity contribution >= 4 is 12.0 Å². The quantitative estimate of drug-likeness (QED) is 0.739. The number of primary amides is 1. The molecule has 0 aliphatic rings. The van der Waals surface area contributed by atoms with Crippen LogP contribution < -0.4 is 11.1 Å². The number of amides is 2. The number of hydrogen-bond donors (Lipinski definition) is 2. The highest BCUT2D eigenvalue weighted by atomic mass is 19.4. The van der Waals surface area contributed by atoms with Gasteiger partial charge in [0.15, 0.2) is 6.61 Å². The third-order valence-corrected chi connectivity index (χ3v) is 1.40. The van der Waals surface area contributed by atoms with E-state index in [1.807, 2.05) is 5.32 Å². The molecule has 8 heteroatoms. The third kappa shape index (κ3) is 5.76. The maximum atomic E-state index is 11.6. The lowest BCUT2D eigenvalue weighted by Crippen LogP contribution is -2.53. The summed E-state index contributed by atoms with van der Waals surface area (Å²) in [5.74, 6) is -0.883. The lowest BCUT2D eigenvalue weighted by atomic mass is 10.1. The Morgan fingerprint density at radius 1 is 1.33 bits per heavy atom. The third-order valence-electron chi connectivity index (χ3n) is 1.40. The second kappa shape index (κ2) is 4.37. The smallest absolute Gasteiger partial charge is 0.422 e. The number of nitrogens with one attached hydrogen (secondary N) is 1. The van der Waals surface area contributed by atoms with Gasteiger partial charge in [0.05, 0.1) is 0 Å². The molecule has 0 spiro atoms. The summed E-state index contributed by atoms with van der Waals surface area (Å²) in [4.78, 5) is 21.5. The Labute approximate surface area is 83.8 Å². The van der Waals surface area contributed by atoms with Crippen molar-refractivity contribution in [3.05, 3.63) is 0 Å². The van der Waals surface area contributed by atoms with Crippen molar-refractivity contribution in [1.82, 2.24) is 5.32 Å². The summed E-state index contributed by atoms with van der Waals surface area (Å²) < 4.78 is 38.6. The molecule has 0 aromatic rings. The van der Waals surface area contributed by atoms with E-state index in [4.69, 9.17) is 5.73 Å². The normalized spacial score (nSPS) is 12.1. The van der Waals surface area contributed by atoms with Crippen LogP contribution in [0, 0.1) is 0 Å². The summed E-state index contributed by atoms with van der Waals surface area (Å²) in [6, 6.07) is 0. The Balaban J connectivity index is 4.11. The fraction of sp³-hybridized carbons (Fsp3) is 0.714. The van der Waals surface area contributed by atoms with Crippen LogP contribution in [0.25, 0.3) is 0 Å². The fourth-order valence-electron chi connectivity index (χ4n) is 0.500. The number of alkyl halides is 3. The Hall–Kier alpha value is -1.47. The van der Waals surface area contributed by atoms with E-state index in [1.165, 1.54) is 13.8 Å². The fourth-order valence-corrected chi connectivity index (χ4v) is 0.500. The molecule has 0 aromatic carbocycles. The molecule has 0 aliphatic carbocycles. The van der Waals surface area contributed by atoms with E-state index in [1.54, 1.807) is 0 Å². The zero-order valence-corrected chi connectivity index (χ0v) is 8.14. The Kier molecular flexibility index (Phi) is 3.94. The number of nitrogens with two attached hydrogens (primary N) is 1. The molecule has 0 saturated carbocycles. The summed E-state index contributed by atoms with van der Waals surface area (Å²) in [7, 11) is 0. The highest BCUT2D eigenvalue weighted by Gasteiger charge is 2.32. The van der Waals surface area contributed by atoms with Crippen molar-refractivity contribution in [3.63, 3.8) is 0 Å². The van der Waals surface area contributed by atoms with Crippen molar-refractivity contribution in [1.29, 1.82) is 0 Å². The predicted octanol–water partition coefficient (Wildman–Crippen LogP) is 0.539. The number of alkyl carbamates (subject to hydrolysis) is 1. The van der Waals surface area contributed by atoms with Gasteiger partial charge in [-0.15, -0.1) is 0 Å². The second-order valence-corrected chi connectivity index (χ2v) is 3.31. The van der Waals surface area contributed by atoms with Gasteiger partial charge < -0.3 is 15.8 Å². The largest absolute Gasteiger partial charge is 0.440 e. The molecule has 0 aliphatic heterocycles. The molecule has 0 bridgehead atoms. The minimum atomic E-state index is -4.60. The molecule has 0 saturated heterocycles. The molecule has 0 atom stereocenters. The van der Waals surface area contributed by atoms with E-state index in [-0.39, 0.29) is 0 Å². The van der Waals surface area contributed by atoms with Crippen LogP contribution in [0.5, 0.6) is 0 Å². The summed E-state index contributed by atoms with van der Waals surface area (Å²) in [5, 5.41) is 1.89. The van der Waals surface area contributed by atoms with Gasteiger partial charge in [-0.2, -0.15) is 13.2 Å². The summed E-state index contributed by atoms with van der Waals surface area (Å²) in [6.07, 6.45) is -5.95. The van der Waals surface area contributed by atoms with E-state index in [0.29, 0.717) is 0 Å². The van der Waals surface area contributed by atoms with E-state index in [2.05, 4.69) is 4.74 Å². The molecule has 0 rings (SSSR count). The van der Waals surface area contributed by atoms with Gasteiger partial charge >= 0.3 is 12.3 Å². The van der Waals surface area contributed by atoms with Crippen LogP contribution in [0.3, 0.4) is 0 Å². The molecule has 0 radical (unpaired) electrons. The van der Waals surface area contributed by atoms with Gasteiger partial charge in [0.25, 0.3) is 0 Å². The molecule has 5 nitrogen and oxygen atoms in total. The van der Waals surface area contributed by atoms with E-state index in [9.17, 15) is 22.8 Å². The Morgan fingerprint density at radius 3 is 2.13 bits per heavy atom. The molecule has 15 heavy (non-hydrogen) atoms. The number of rotatable bonds is 3. The molecule has 0 aromatic heterocycles. The van der Waals surface area contributed by atoms with E-state index in [0.717, 1.165) is 0 Å². The van der Waals surface area contributed by atoms with Crippen molar-refractivity contribution in [2.75, 3.05) is 6.61 Å². The minimum Gasteiger partial charge on any atom is -0.440 e. The summed E-state index contributed by atoms with van der Waals surface area (Å²) in [5.41, 5.74) is 3.41. The second-order valence-electron chi connectivity index (χ2n) is 3.31. The lowest BCUT2D eigenvalue weighted by Gasteiger charge is -2.21. The lowest BCUT2D eigenvalue weighted by molar-refractivity contribution is -0.160. The highest BCUT2D eigenvalue weighted by molar-refractivity contribution is 5.87. The minimum absolute atomic E-state index is 0.883. The number of carbonyl (C=O) groups is 2. The Morgan fingerprint density at radius 2 is 1.80 bits per heavy atom. The van der Waals surface area contributed by atoms with Gasteiger partial charge in [-0.05, 0) is 13.8 Å². The monoisotopic (exact) mass is 228 g/mol. The molecular weight excluding hydrogens is 217 g/mol. The standard InChI is InChI=1S/C7H11F3N2O3/c1-6(2,4(11)13)12-5(14)15-3-7(8,9)10/h3H2,1-2H3,(H2,11,13)(H,12,14). The first-order valence-corrected chi connectivity index (χ1v) is 3.86. The van der Waals surface area contributed by atoms with Crippen LogP contribution >= 0.6 is 0 Å². The van der Waals surface area contributed by atoms with E-state index < -0.39 is 30.3 Å². The van der Waals surface area contributed by atoms with Crippen LogP contribution in [0.4, 0.5) is 18.0 Å². The van der Waals surface area contributed by atoms with Gasteiger partial charge in [-0.25, -0.2) is 4.79 Å². The van der Waals surface area contributed by atoms with Crippen LogP contribution in [0.1, 0.15) is 13.8 Å². The van der Waals surface area contributed by atoms with Gasteiger partial charge in [-0.1, -0.05) is 0 Å². The van der Waals surface area contributed by atoms with Crippen LogP contribution in [-0.2, 0) is 9.53 Å². The molecule has 0 unspecified atom stereocenters. The first-order valence-electron chi connectivity index (χ1n) is 3.86. The van der Waals surface area contributed by atoms with Crippen LogP contribution in [0.15, 0.2) is 0 Å². The topological polar surface area (TPSA) is 81.4 Å². The number of ether oxygens (including phenoxy) is 1. The van der Waals surface area contributed by atoms with Crippen molar-refractivity contribution in [2.45, 2.75) is 25.6 Å². The zero-order chi connectivity index (χ0) is 12.3. The van der Waals surface area contributed by atoms with Gasteiger partial charge in [0.2, 0.25) is 5.91 Å². The van der Waals surface area contributed by atoms with Crippen LogP contribution in [-0.4, -0.2) is 30.3 Å². The molecular formula is C7H11F3N2O3. The Bertz CT molecular complexity index is 263. The first kappa shape index (κ1) is 13.5. The van der Waals surface area contributed by atoms with Gasteiger partial charge in [0, 0.05) is 0 Å². The maximum absolute atomic E-state index is 11.6. The first-order chi connectivity index (χ1) is 6.54. The number of carbonyl (C=O) groups excluding carboxylic acids is 2. The van der Waals surface area contributed by atoms with Gasteiger partial charge in [-0.3, -0.25) is 4.79 Å². The molecule has 2 amide bonds. The molecule has 0 fully saturated rings. The van der Waals surface area contributed by atoms with Crippen molar-refractivity contribution in [2.24, 2.45) is 5.73 Å². The van der Waals surface area contributed by atoms with Crippen molar-refractivity contribution < 1.29 is 27.5 Å². The summed E-state index contributed by atoms with van der Waals surface area (Å²) in [6.45, 7) is 0.766. The number of hydrogen-bond acceptors (Lipinski definition) is 3. The summed E-state index contributed by atoms with van der Waals surface area (Å²) >= 11 is 0. The maximum Gasteiger partial charge on any atom is 0.422 e. The number of halogens is 3. The molecule has 3 N–H and O–H groups in total.